The molecule has 3 atom stereocenters. The highest BCUT2D eigenvalue weighted by molar-refractivity contribution is 5.87. The second kappa shape index (κ2) is 13.1. The van der Waals surface area contributed by atoms with Crippen LogP contribution < -0.4 is 15.1 Å². The Labute approximate surface area is 260 Å². The zero-order chi connectivity index (χ0) is 31.7. The van der Waals surface area contributed by atoms with Crippen LogP contribution in [-0.2, 0) is 27.3 Å². The van der Waals surface area contributed by atoms with Crippen LogP contribution in [0.25, 0.3) is 0 Å². The molecule has 1 N–H and O–H groups in total. The number of ether oxygens (including phenoxy) is 3. The van der Waals surface area contributed by atoms with Crippen molar-refractivity contribution in [1.29, 1.82) is 0 Å². The van der Waals surface area contributed by atoms with Crippen molar-refractivity contribution in [3.63, 3.8) is 0 Å². The Morgan fingerprint density at radius 3 is 2.58 bits per heavy atom. The smallest absolute Gasteiger partial charge is 0.416 e. The lowest BCUT2D eigenvalue weighted by Crippen LogP contribution is -2.49. The first-order valence-electron chi connectivity index (χ1n) is 15.5. The number of halogens is 3. The summed E-state index contributed by atoms with van der Waals surface area (Å²) in [5.74, 6) is 0.0374. The molecule has 0 spiro atoms. The molecule has 1 amide bonds. The maximum atomic E-state index is 14.3. The molecule has 0 saturated carbocycles. The fraction of sp³-hybridized carbons (Fsp3) is 0.613. The van der Waals surface area contributed by atoms with Crippen molar-refractivity contribution in [3.05, 3.63) is 46.2 Å². The van der Waals surface area contributed by atoms with Crippen LogP contribution >= 0.6 is 0 Å². The van der Waals surface area contributed by atoms with E-state index in [4.69, 9.17) is 14.2 Å². The van der Waals surface area contributed by atoms with E-state index < -0.39 is 23.8 Å². The second-order valence-electron chi connectivity index (χ2n) is 12.0. The summed E-state index contributed by atoms with van der Waals surface area (Å²) in [5.41, 5.74) is 3.91. The number of hydrogen-bond donors (Lipinski definition) is 1. The zero-order valence-electron chi connectivity index (χ0n) is 25.8. The second-order valence-corrected chi connectivity index (χ2v) is 12.0. The normalized spacial score (nSPS) is 26.2. The Bertz CT molecular complexity index is 1400. The van der Waals surface area contributed by atoms with Gasteiger partial charge in [-0.3, -0.25) is 9.69 Å². The van der Waals surface area contributed by atoms with E-state index in [0.29, 0.717) is 43.8 Å². The molecule has 11 nitrogen and oxygen atoms in total. The summed E-state index contributed by atoms with van der Waals surface area (Å²) in [6.45, 7) is 6.28. The minimum atomic E-state index is -4.54. The SMILES string of the molecule is COc1nc2c(c(N3CCN(C(=O)/C=C/CN4CCC(OC)CC4)CC3)n1)CO[C@H](C1=C(C(F)(F)F)C(C)=CC3NN=CC13)C2. The van der Waals surface area contributed by atoms with E-state index in [9.17, 15) is 18.0 Å². The minimum Gasteiger partial charge on any atom is -0.467 e. The first kappa shape index (κ1) is 31.5. The number of carbonyl (C=O) groups is 1. The van der Waals surface area contributed by atoms with Gasteiger partial charge >= 0.3 is 12.2 Å². The molecule has 4 aliphatic heterocycles. The third-order valence-corrected chi connectivity index (χ3v) is 9.37. The molecule has 14 heteroatoms. The highest BCUT2D eigenvalue weighted by Gasteiger charge is 2.47. The molecular formula is C31H40F3N7O4. The third kappa shape index (κ3) is 6.59. The van der Waals surface area contributed by atoms with Crippen molar-refractivity contribution in [1.82, 2.24) is 25.2 Å². The van der Waals surface area contributed by atoms with Crippen LogP contribution in [0.5, 0.6) is 6.01 Å². The number of anilines is 1. The number of nitrogens with zero attached hydrogens (tertiary/aromatic N) is 6. The summed E-state index contributed by atoms with van der Waals surface area (Å²) in [6.07, 6.45) is 3.79. The molecular weight excluding hydrogens is 591 g/mol. The molecule has 2 unspecified atom stereocenters. The highest BCUT2D eigenvalue weighted by atomic mass is 19.4. The van der Waals surface area contributed by atoms with Gasteiger partial charge in [0.1, 0.15) is 5.82 Å². The molecule has 1 aromatic heterocycles. The van der Waals surface area contributed by atoms with Gasteiger partial charge < -0.3 is 29.4 Å². The number of likely N-dealkylation sites (tertiary alicyclic amines) is 1. The molecule has 0 radical (unpaired) electrons. The van der Waals surface area contributed by atoms with E-state index >= 15 is 0 Å². The van der Waals surface area contributed by atoms with Crippen molar-refractivity contribution < 1.29 is 32.2 Å². The van der Waals surface area contributed by atoms with Gasteiger partial charge in [-0.25, -0.2) is 0 Å². The predicted molar refractivity (Wildman–Crippen MR) is 161 cm³/mol. The number of alkyl halides is 3. The van der Waals surface area contributed by atoms with Crippen molar-refractivity contribution in [2.45, 2.75) is 57.2 Å². The van der Waals surface area contributed by atoms with Gasteiger partial charge in [0.15, 0.2) is 0 Å². The van der Waals surface area contributed by atoms with E-state index in [1.54, 1.807) is 19.3 Å². The Morgan fingerprint density at radius 1 is 1.13 bits per heavy atom. The van der Waals surface area contributed by atoms with Crippen LogP contribution in [-0.4, -0.2) is 116 Å². The Morgan fingerprint density at radius 2 is 1.89 bits per heavy atom. The molecule has 45 heavy (non-hydrogen) atoms. The number of methoxy groups -OCH3 is 2. The number of hydrogen-bond acceptors (Lipinski definition) is 10. The van der Waals surface area contributed by atoms with Gasteiger partial charge in [-0.2, -0.15) is 28.2 Å². The lowest BCUT2D eigenvalue weighted by Gasteiger charge is -2.38. The molecule has 2 saturated heterocycles. The standard InChI is InChI=1S/C31H40F3N7O4/c1-19-15-24-21(17-35-38-24)27(28(19)31(32,33)34)25-16-23-22(18-45-25)29(37-30(36-23)44-3)41-13-11-40(12-14-41)26(42)5-4-8-39-9-6-20(43-2)7-10-39/h4-5,15,17,20-21,24-25,38H,6-14,16,18H2,1-3H3/b5-4+/t21?,24?,25-/m0/s1. The van der Waals surface area contributed by atoms with Gasteiger partial charge in [-0.15, -0.1) is 0 Å². The van der Waals surface area contributed by atoms with Crippen molar-refractivity contribution >= 4 is 17.9 Å². The number of piperidine rings is 1. The Hall–Kier alpha value is -3.49. The van der Waals surface area contributed by atoms with Gasteiger partial charge in [0.05, 0.1) is 43.2 Å². The first-order chi connectivity index (χ1) is 21.7. The molecule has 6 rings (SSSR count). The topological polar surface area (TPSA) is 105 Å². The van der Waals surface area contributed by atoms with Crippen LogP contribution in [0, 0.1) is 5.92 Å². The molecule has 5 heterocycles. The summed E-state index contributed by atoms with van der Waals surface area (Å²) >= 11 is 0. The fourth-order valence-corrected chi connectivity index (χ4v) is 6.96. The number of fused-ring (bicyclic) bond motifs is 2. The minimum absolute atomic E-state index is 0.0243. The number of hydrazone groups is 1. The highest BCUT2D eigenvalue weighted by Crippen LogP contribution is 2.44. The Balaban J connectivity index is 1.14. The van der Waals surface area contributed by atoms with E-state index in [2.05, 4.69) is 30.3 Å². The maximum Gasteiger partial charge on any atom is 0.416 e. The first-order valence-corrected chi connectivity index (χ1v) is 15.5. The van der Waals surface area contributed by atoms with Crippen LogP contribution in [0.15, 0.2) is 40.0 Å². The third-order valence-electron chi connectivity index (χ3n) is 9.37. The van der Waals surface area contributed by atoms with Crippen LogP contribution in [0.2, 0.25) is 0 Å². The monoisotopic (exact) mass is 631 g/mol. The summed E-state index contributed by atoms with van der Waals surface area (Å²) in [5, 5.41) is 4.07. The molecule has 0 aromatic carbocycles. The number of piperazine rings is 1. The zero-order valence-corrected chi connectivity index (χ0v) is 25.8. The van der Waals surface area contributed by atoms with Gasteiger partial charge in [-0.1, -0.05) is 12.2 Å². The number of amides is 1. The number of nitrogens with one attached hydrogen (secondary N) is 1. The van der Waals surface area contributed by atoms with Gasteiger partial charge in [0, 0.05) is 83.1 Å². The van der Waals surface area contributed by atoms with Crippen molar-refractivity contribution in [3.8, 4) is 6.01 Å². The summed E-state index contributed by atoms with van der Waals surface area (Å²) in [6, 6.07) is -0.207. The van der Waals surface area contributed by atoms with E-state index in [0.717, 1.165) is 38.0 Å². The lowest BCUT2D eigenvalue weighted by molar-refractivity contribution is -0.126. The summed E-state index contributed by atoms with van der Waals surface area (Å²) in [4.78, 5) is 28.3. The largest absolute Gasteiger partial charge is 0.467 e. The molecule has 1 aromatic rings. The fourth-order valence-electron chi connectivity index (χ4n) is 6.96. The van der Waals surface area contributed by atoms with Crippen LogP contribution in [0.3, 0.4) is 0 Å². The van der Waals surface area contributed by atoms with Gasteiger partial charge in [0.25, 0.3) is 0 Å². The summed E-state index contributed by atoms with van der Waals surface area (Å²) < 4.78 is 60.0. The lowest BCUT2D eigenvalue weighted by atomic mass is 9.77. The number of aromatic nitrogens is 2. The molecule has 5 aliphatic rings. The Kier molecular flexibility index (Phi) is 9.16. The van der Waals surface area contributed by atoms with Gasteiger partial charge in [-0.05, 0) is 30.9 Å². The predicted octanol–water partition coefficient (Wildman–Crippen LogP) is 2.63. The summed E-state index contributed by atoms with van der Waals surface area (Å²) in [7, 11) is 3.22. The van der Waals surface area contributed by atoms with Crippen molar-refractivity contribution in [2.24, 2.45) is 11.0 Å². The number of allylic oxidation sites excluding steroid dienone is 2. The molecule has 1 aliphatic carbocycles. The maximum absolute atomic E-state index is 14.3. The quantitative estimate of drug-likeness (QED) is 0.455. The number of carbonyl (C=O) groups excluding carboxylic acids is 1. The molecule has 244 valence electrons. The van der Waals surface area contributed by atoms with Crippen LogP contribution in [0.4, 0.5) is 19.0 Å². The molecule has 0 bridgehead atoms. The number of rotatable bonds is 7. The van der Waals surface area contributed by atoms with Crippen LogP contribution in [0.1, 0.15) is 31.0 Å². The van der Waals surface area contributed by atoms with Gasteiger partial charge in [0.2, 0.25) is 5.91 Å². The average molecular weight is 632 g/mol. The van der Waals surface area contributed by atoms with E-state index in [-0.39, 0.29) is 42.1 Å². The average Bonchev–Trinajstić information content (AvgIpc) is 3.51. The molecule has 2 fully saturated rings. The van der Waals surface area contributed by atoms with E-state index in [1.165, 1.54) is 20.2 Å². The van der Waals surface area contributed by atoms with Crippen molar-refractivity contribution in [2.75, 3.05) is 64.9 Å². The van der Waals surface area contributed by atoms with E-state index in [1.807, 2.05) is 11.0 Å².